The highest BCUT2D eigenvalue weighted by molar-refractivity contribution is 5.82. The molecule has 0 bridgehead atoms. The van der Waals surface area contributed by atoms with Crippen molar-refractivity contribution in [2.24, 2.45) is 0 Å². The molecule has 0 radical (unpaired) electrons. The van der Waals surface area contributed by atoms with Crippen molar-refractivity contribution in [1.82, 2.24) is 4.90 Å². The van der Waals surface area contributed by atoms with Crippen LogP contribution in [0, 0.1) is 0 Å². The van der Waals surface area contributed by atoms with Crippen molar-refractivity contribution in [1.29, 1.82) is 0 Å². The first-order valence-electron chi connectivity index (χ1n) is 9.40. The van der Waals surface area contributed by atoms with Crippen molar-refractivity contribution in [3.8, 4) is 0 Å². The highest BCUT2D eigenvalue weighted by atomic mass is 16.7. The Labute approximate surface area is 167 Å². The number of hydrogen-bond donors (Lipinski definition) is 4. The van der Waals surface area contributed by atoms with E-state index in [0.717, 1.165) is 5.56 Å². The fourth-order valence-corrected chi connectivity index (χ4v) is 3.36. The first kappa shape index (κ1) is 21.5. The number of likely N-dealkylation sites (tertiary alicyclic amines) is 1. The number of aliphatic hydroxyl groups excluding tert-OH is 4. The van der Waals surface area contributed by atoms with E-state index in [0.29, 0.717) is 19.4 Å². The third-order valence-corrected chi connectivity index (χ3v) is 5.04. The molecule has 10 nitrogen and oxygen atoms in total. The van der Waals surface area contributed by atoms with Gasteiger partial charge >= 0.3 is 12.1 Å². The van der Waals surface area contributed by atoms with Gasteiger partial charge in [-0.2, -0.15) is 0 Å². The summed E-state index contributed by atoms with van der Waals surface area (Å²) in [4.78, 5) is 26.1. The molecule has 0 aromatic heterocycles. The van der Waals surface area contributed by atoms with Gasteiger partial charge in [-0.15, -0.1) is 0 Å². The second kappa shape index (κ2) is 9.51. The minimum absolute atomic E-state index is 0.0815. The molecule has 6 atom stereocenters. The Morgan fingerprint density at radius 3 is 2.48 bits per heavy atom. The second-order valence-corrected chi connectivity index (χ2v) is 7.06. The van der Waals surface area contributed by atoms with Crippen LogP contribution < -0.4 is 0 Å². The van der Waals surface area contributed by atoms with E-state index in [1.165, 1.54) is 4.90 Å². The highest BCUT2D eigenvalue weighted by Crippen LogP contribution is 2.23. The van der Waals surface area contributed by atoms with Gasteiger partial charge in [-0.3, -0.25) is 4.90 Å². The molecular formula is C19H25NO9. The van der Waals surface area contributed by atoms with Crippen molar-refractivity contribution in [2.45, 2.75) is 56.2 Å². The molecule has 0 saturated carbocycles. The van der Waals surface area contributed by atoms with Gasteiger partial charge in [0.15, 0.2) is 6.29 Å². The van der Waals surface area contributed by atoms with E-state index >= 15 is 0 Å². The summed E-state index contributed by atoms with van der Waals surface area (Å²) in [5, 5.41) is 38.6. The summed E-state index contributed by atoms with van der Waals surface area (Å²) in [5.74, 6) is -0.704. The van der Waals surface area contributed by atoms with Gasteiger partial charge in [0.2, 0.25) is 0 Å². The lowest BCUT2D eigenvalue weighted by atomic mass is 9.99. The lowest BCUT2D eigenvalue weighted by molar-refractivity contribution is -0.287. The van der Waals surface area contributed by atoms with Crippen LogP contribution >= 0.6 is 0 Å². The van der Waals surface area contributed by atoms with Gasteiger partial charge in [-0.1, -0.05) is 30.3 Å². The molecule has 1 aromatic carbocycles. The Balaban J connectivity index is 1.51. The largest absolute Gasteiger partial charge is 0.461 e. The summed E-state index contributed by atoms with van der Waals surface area (Å²) < 4.78 is 15.4. The van der Waals surface area contributed by atoms with Crippen LogP contribution in [0.4, 0.5) is 4.79 Å². The van der Waals surface area contributed by atoms with Crippen LogP contribution in [-0.2, 0) is 25.6 Å². The van der Waals surface area contributed by atoms with Gasteiger partial charge in [0.25, 0.3) is 0 Å². The molecule has 160 valence electrons. The molecule has 1 amide bonds. The van der Waals surface area contributed by atoms with E-state index in [2.05, 4.69) is 0 Å². The van der Waals surface area contributed by atoms with Crippen LogP contribution in [0.15, 0.2) is 30.3 Å². The van der Waals surface area contributed by atoms with Crippen LogP contribution in [0.2, 0.25) is 0 Å². The third-order valence-electron chi connectivity index (χ3n) is 5.04. The highest BCUT2D eigenvalue weighted by Gasteiger charge is 2.44. The minimum Gasteiger partial charge on any atom is -0.461 e. The Morgan fingerprint density at radius 2 is 1.76 bits per heavy atom. The van der Waals surface area contributed by atoms with Crippen molar-refractivity contribution in [3.63, 3.8) is 0 Å². The molecular weight excluding hydrogens is 386 g/mol. The van der Waals surface area contributed by atoms with E-state index in [-0.39, 0.29) is 6.61 Å². The quantitative estimate of drug-likeness (QED) is 0.454. The maximum atomic E-state index is 12.4. The standard InChI is InChI=1S/C19H25NO9/c21-14-13(29-18(25)16(23)15(14)22)10-27-17(24)12-7-4-8-20(12)19(26)28-9-11-5-2-1-3-6-11/h1-3,5-6,12-16,18,21-23,25H,4,7-10H2/t12-,13+,14+,15+,16+,18-/m1/s1. The Bertz CT molecular complexity index is 700. The average molecular weight is 411 g/mol. The molecule has 29 heavy (non-hydrogen) atoms. The van der Waals surface area contributed by atoms with E-state index in [9.17, 15) is 30.0 Å². The van der Waals surface area contributed by atoms with Gasteiger partial charge < -0.3 is 34.6 Å². The molecule has 0 unspecified atom stereocenters. The molecule has 0 aliphatic carbocycles. The maximum Gasteiger partial charge on any atom is 0.410 e. The molecule has 4 N–H and O–H groups in total. The van der Waals surface area contributed by atoms with E-state index in [4.69, 9.17) is 14.2 Å². The predicted molar refractivity (Wildman–Crippen MR) is 96.2 cm³/mol. The summed E-state index contributed by atoms with van der Waals surface area (Å²) in [5.41, 5.74) is 0.821. The zero-order valence-corrected chi connectivity index (χ0v) is 15.7. The monoisotopic (exact) mass is 411 g/mol. The molecule has 2 fully saturated rings. The van der Waals surface area contributed by atoms with Crippen molar-refractivity contribution in [3.05, 3.63) is 35.9 Å². The third kappa shape index (κ3) is 5.03. The van der Waals surface area contributed by atoms with Crippen molar-refractivity contribution in [2.75, 3.05) is 13.2 Å². The lowest BCUT2D eigenvalue weighted by Crippen LogP contribution is -2.58. The van der Waals surface area contributed by atoms with Gasteiger partial charge in [0.05, 0.1) is 0 Å². The Kier molecular flexibility index (Phi) is 7.04. The normalized spacial score (nSPS) is 32.1. The molecule has 2 aliphatic heterocycles. The van der Waals surface area contributed by atoms with Crippen LogP contribution in [-0.4, -0.2) is 87.3 Å². The zero-order valence-electron chi connectivity index (χ0n) is 15.7. The molecule has 2 saturated heterocycles. The van der Waals surface area contributed by atoms with Crippen LogP contribution in [0.5, 0.6) is 0 Å². The summed E-state index contributed by atoms with van der Waals surface area (Å²) in [6, 6.07) is 8.31. The van der Waals surface area contributed by atoms with E-state index in [1.54, 1.807) is 0 Å². The summed E-state index contributed by atoms with van der Waals surface area (Å²) in [6.45, 7) is -0.0258. The van der Waals surface area contributed by atoms with Crippen LogP contribution in [0.1, 0.15) is 18.4 Å². The number of nitrogens with zero attached hydrogens (tertiary/aromatic N) is 1. The fourth-order valence-electron chi connectivity index (χ4n) is 3.36. The molecule has 2 aliphatic rings. The topological polar surface area (TPSA) is 146 Å². The van der Waals surface area contributed by atoms with Crippen molar-refractivity contribution < 1.29 is 44.2 Å². The number of aliphatic hydroxyl groups is 4. The number of amides is 1. The first-order chi connectivity index (χ1) is 13.9. The molecule has 1 aromatic rings. The Morgan fingerprint density at radius 1 is 1.03 bits per heavy atom. The number of esters is 1. The van der Waals surface area contributed by atoms with Gasteiger partial charge in [-0.05, 0) is 18.4 Å². The van der Waals surface area contributed by atoms with Crippen molar-refractivity contribution >= 4 is 12.1 Å². The SMILES string of the molecule is O=C(OC[C@@H]1O[C@@H](O)[C@@H](O)[C@@H](O)[C@H]1O)[C@H]1CCCN1C(=O)OCc1ccccc1. The predicted octanol–water partition coefficient (Wildman–Crippen LogP) is -0.869. The maximum absolute atomic E-state index is 12.4. The second-order valence-electron chi connectivity index (χ2n) is 7.06. The van der Waals surface area contributed by atoms with E-state index in [1.807, 2.05) is 30.3 Å². The minimum atomic E-state index is -1.71. The fraction of sp³-hybridized carbons (Fsp3) is 0.579. The zero-order chi connectivity index (χ0) is 21.0. The van der Waals surface area contributed by atoms with Crippen LogP contribution in [0.3, 0.4) is 0 Å². The summed E-state index contributed by atoms with van der Waals surface area (Å²) in [6.07, 6.45) is -7.41. The smallest absolute Gasteiger partial charge is 0.410 e. The number of carbonyl (C=O) groups is 2. The molecule has 0 spiro atoms. The van der Waals surface area contributed by atoms with Gasteiger partial charge in [0.1, 0.15) is 43.7 Å². The number of ether oxygens (including phenoxy) is 3. The first-order valence-corrected chi connectivity index (χ1v) is 9.40. The Hall–Kier alpha value is -2.24. The van der Waals surface area contributed by atoms with Gasteiger partial charge in [0, 0.05) is 6.54 Å². The lowest BCUT2D eigenvalue weighted by Gasteiger charge is -2.38. The van der Waals surface area contributed by atoms with E-state index < -0.39 is 55.4 Å². The van der Waals surface area contributed by atoms with Gasteiger partial charge in [-0.25, -0.2) is 9.59 Å². The van der Waals surface area contributed by atoms with Crippen LogP contribution in [0.25, 0.3) is 0 Å². The summed E-state index contributed by atoms with van der Waals surface area (Å²) in [7, 11) is 0. The average Bonchev–Trinajstić information content (AvgIpc) is 3.23. The molecule has 2 heterocycles. The number of benzene rings is 1. The number of carbonyl (C=O) groups excluding carboxylic acids is 2. The molecule has 10 heteroatoms. The summed E-state index contributed by atoms with van der Waals surface area (Å²) >= 11 is 0. The number of rotatable bonds is 5. The molecule has 3 rings (SSSR count). The number of hydrogen-bond acceptors (Lipinski definition) is 9.